The second-order valence-corrected chi connectivity index (χ2v) is 6.38. The van der Waals surface area contributed by atoms with Gasteiger partial charge in [-0.1, -0.05) is 29.5 Å². The van der Waals surface area contributed by atoms with Crippen molar-refractivity contribution >= 4 is 35.2 Å². The lowest BCUT2D eigenvalue weighted by atomic mass is 10.1. The van der Waals surface area contributed by atoms with Gasteiger partial charge in [-0.3, -0.25) is 20.4 Å². The molecule has 0 unspecified atom stereocenters. The molecule has 0 saturated heterocycles. The van der Waals surface area contributed by atoms with Crippen molar-refractivity contribution in [2.45, 2.75) is 24.3 Å². The Bertz CT molecular complexity index is 730. The van der Waals surface area contributed by atoms with E-state index in [9.17, 15) is 9.59 Å². The second-order valence-electron chi connectivity index (χ2n) is 5.07. The zero-order valence-electron chi connectivity index (χ0n) is 13.2. The Morgan fingerprint density at radius 3 is 2.25 bits per heavy atom. The maximum Gasteiger partial charge on any atom is 0.269 e. The van der Waals surface area contributed by atoms with Gasteiger partial charge in [0.15, 0.2) is 5.16 Å². The average Bonchev–Trinajstić information content (AvgIpc) is 2.51. The monoisotopic (exact) mass is 346 g/mol. The van der Waals surface area contributed by atoms with Crippen LogP contribution in [0.2, 0.25) is 0 Å². The number of benzene rings is 1. The number of thioether (sulfide) groups is 1. The zero-order valence-corrected chi connectivity index (χ0v) is 14.1. The summed E-state index contributed by atoms with van der Waals surface area (Å²) in [5.41, 5.74) is 17.4. The molecule has 0 fully saturated rings. The highest BCUT2D eigenvalue weighted by Crippen LogP contribution is 2.21. The van der Waals surface area contributed by atoms with Crippen molar-refractivity contribution in [2.24, 2.45) is 0 Å². The summed E-state index contributed by atoms with van der Waals surface area (Å²) in [4.78, 5) is 32.0. The molecule has 6 N–H and O–H groups in total. The van der Waals surface area contributed by atoms with Crippen LogP contribution in [0.5, 0.6) is 0 Å². The number of hydrogen-bond donors (Lipinski definition) is 4. The van der Waals surface area contributed by atoms with Gasteiger partial charge in [0.1, 0.15) is 11.6 Å². The van der Waals surface area contributed by atoms with E-state index in [1.807, 2.05) is 19.1 Å². The second kappa shape index (κ2) is 7.64. The van der Waals surface area contributed by atoms with Gasteiger partial charge in [0.25, 0.3) is 11.8 Å². The van der Waals surface area contributed by atoms with Crippen LogP contribution in [-0.2, 0) is 4.79 Å². The van der Waals surface area contributed by atoms with Crippen molar-refractivity contribution in [1.29, 1.82) is 0 Å². The summed E-state index contributed by atoms with van der Waals surface area (Å²) >= 11 is 1.08. The fourth-order valence-corrected chi connectivity index (χ4v) is 2.52. The summed E-state index contributed by atoms with van der Waals surface area (Å²) < 4.78 is 0. The van der Waals surface area contributed by atoms with E-state index >= 15 is 0 Å². The summed E-state index contributed by atoms with van der Waals surface area (Å²) in [6.07, 6.45) is 0. The van der Waals surface area contributed by atoms with E-state index < -0.39 is 17.1 Å². The van der Waals surface area contributed by atoms with Crippen molar-refractivity contribution in [3.05, 3.63) is 41.5 Å². The minimum atomic E-state index is -0.551. The van der Waals surface area contributed by atoms with E-state index in [2.05, 4.69) is 20.8 Å². The number of rotatable bonds is 4. The molecule has 0 spiro atoms. The average molecular weight is 346 g/mol. The Hall–Kier alpha value is -2.81. The maximum absolute atomic E-state index is 12.0. The highest BCUT2D eigenvalue weighted by molar-refractivity contribution is 8.00. The number of nitrogens with zero attached hydrogens (tertiary/aromatic N) is 2. The molecular formula is C15H18N6O2S. The number of nitrogens with one attached hydrogen (secondary N) is 2. The lowest BCUT2D eigenvalue weighted by Crippen LogP contribution is -2.44. The fraction of sp³-hybridized carbons (Fsp3) is 0.200. The molecule has 0 aliphatic rings. The molecule has 2 rings (SSSR count). The fourth-order valence-electron chi connectivity index (χ4n) is 1.72. The van der Waals surface area contributed by atoms with Crippen molar-refractivity contribution in [3.8, 4) is 0 Å². The topological polar surface area (TPSA) is 136 Å². The van der Waals surface area contributed by atoms with Crippen LogP contribution in [0.15, 0.2) is 35.5 Å². The lowest BCUT2D eigenvalue weighted by Gasteiger charge is -2.12. The van der Waals surface area contributed by atoms with E-state index in [4.69, 9.17) is 11.5 Å². The number of hydrogen-bond acceptors (Lipinski definition) is 7. The van der Waals surface area contributed by atoms with Gasteiger partial charge in [-0.15, -0.1) is 0 Å². The predicted molar refractivity (Wildman–Crippen MR) is 93.0 cm³/mol. The number of nitrogen functional groups attached to an aromatic ring is 2. The minimum Gasteiger partial charge on any atom is -0.383 e. The standard InChI is InChI=1S/C15H18N6O2S/c1-8-3-5-10(6-4-8)14(23)21-20-13(22)9(2)24-15-18-11(16)7-12(17)19-15/h3-7,9H,1-2H3,(H,20,22)(H,21,23)(H4,16,17,18,19)/t9-/m0/s1. The normalized spacial score (nSPS) is 11.6. The van der Waals surface area contributed by atoms with Crippen LogP contribution in [-0.4, -0.2) is 27.0 Å². The number of carbonyl (C=O) groups excluding carboxylic acids is 2. The molecule has 9 heteroatoms. The van der Waals surface area contributed by atoms with E-state index in [0.717, 1.165) is 17.3 Å². The number of aromatic nitrogens is 2. The quantitative estimate of drug-likeness (QED) is 0.367. The molecule has 1 heterocycles. The Kier molecular flexibility index (Phi) is 5.59. The maximum atomic E-state index is 12.0. The summed E-state index contributed by atoms with van der Waals surface area (Å²) in [6.45, 7) is 3.58. The van der Waals surface area contributed by atoms with Gasteiger partial charge in [0, 0.05) is 11.6 Å². The Morgan fingerprint density at radius 1 is 1.08 bits per heavy atom. The summed E-state index contributed by atoms with van der Waals surface area (Å²) in [7, 11) is 0. The predicted octanol–water partition coefficient (Wildman–Crippen LogP) is 0.891. The van der Waals surface area contributed by atoms with E-state index in [0.29, 0.717) is 10.7 Å². The molecule has 1 atom stereocenters. The number of aryl methyl sites for hydroxylation is 1. The SMILES string of the molecule is Cc1ccc(C(=O)NNC(=O)[C@H](C)Sc2nc(N)cc(N)n2)cc1. The molecule has 2 amide bonds. The van der Waals surface area contributed by atoms with Crippen LogP contribution in [0.25, 0.3) is 0 Å². The van der Waals surface area contributed by atoms with Crippen LogP contribution in [0.4, 0.5) is 11.6 Å². The van der Waals surface area contributed by atoms with Crippen LogP contribution < -0.4 is 22.3 Å². The molecule has 24 heavy (non-hydrogen) atoms. The molecule has 0 bridgehead atoms. The van der Waals surface area contributed by atoms with Crippen molar-refractivity contribution in [1.82, 2.24) is 20.8 Å². The molecule has 0 aliphatic carbocycles. The number of hydrazine groups is 1. The number of nitrogens with two attached hydrogens (primary N) is 2. The zero-order chi connectivity index (χ0) is 17.7. The molecule has 8 nitrogen and oxygen atoms in total. The third kappa shape index (κ3) is 4.85. The summed E-state index contributed by atoms with van der Waals surface area (Å²) in [5.74, 6) is -0.342. The highest BCUT2D eigenvalue weighted by atomic mass is 32.2. The first-order chi connectivity index (χ1) is 11.3. The van der Waals surface area contributed by atoms with Crippen LogP contribution in [0.1, 0.15) is 22.8 Å². The van der Waals surface area contributed by atoms with Crippen LogP contribution in [0.3, 0.4) is 0 Å². The molecule has 0 saturated carbocycles. The van der Waals surface area contributed by atoms with Gasteiger partial charge >= 0.3 is 0 Å². The molecule has 1 aromatic heterocycles. The Morgan fingerprint density at radius 2 is 1.67 bits per heavy atom. The van der Waals surface area contributed by atoms with E-state index in [1.165, 1.54) is 6.07 Å². The van der Waals surface area contributed by atoms with Crippen molar-refractivity contribution < 1.29 is 9.59 Å². The van der Waals surface area contributed by atoms with Crippen molar-refractivity contribution in [2.75, 3.05) is 11.5 Å². The molecule has 2 aromatic rings. The summed E-state index contributed by atoms with van der Waals surface area (Å²) in [5, 5.41) is -0.260. The van der Waals surface area contributed by atoms with E-state index in [1.54, 1.807) is 19.1 Å². The molecule has 0 radical (unpaired) electrons. The van der Waals surface area contributed by atoms with Gasteiger partial charge in [0.05, 0.1) is 5.25 Å². The van der Waals surface area contributed by atoms with Crippen LogP contribution in [0, 0.1) is 6.92 Å². The number of carbonyl (C=O) groups is 2. The third-order valence-corrected chi connectivity index (χ3v) is 3.97. The minimum absolute atomic E-state index is 0.227. The van der Waals surface area contributed by atoms with Gasteiger partial charge in [-0.2, -0.15) is 0 Å². The van der Waals surface area contributed by atoms with Crippen molar-refractivity contribution in [3.63, 3.8) is 0 Å². The summed E-state index contributed by atoms with van der Waals surface area (Å²) in [6, 6.07) is 8.42. The van der Waals surface area contributed by atoms with Gasteiger partial charge in [-0.25, -0.2) is 9.97 Å². The van der Waals surface area contributed by atoms with Crippen LogP contribution >= 0.6 is 11.8 Å². The number of amides is 2. The largest absolute Gasteiger partial charge is 0.383 e. The highest BCUT2D eigenvalue weighted by Gasteiger charge is 2.17. The smallest absolute Gasteiger partial charge is 0.269 e. The lowest BCUT2D eigenvalue weighted by molar-refractivity contribution is -0.121. The first kappa shape index (κ1) is 17.5. The molecular weight excluding hydrogens is 328 g/mol. The number of anilines is 2. The van der Waals surface area contributed by atoms with Gasteiger partial charge in [-0.05, 0) is 26.0 Å². The Balaban J connectivity index is 1.89. The van der Waals surface area contributed by atoms with Gasteiger partial charge in [0.2, 0.25) is 0 Å². The molecule has 1 aromatic carbocycles. The first-order valence-electron chi connectivity index (χ1n) is 7.08. The first-order valence-corrected chi connectivity index (χ1v) is 7.96. The van der Waals surface area contributed by atoms with E-state index in [-0.39, 0.29) is 11.6 Å². The Labute approximate surface area is 143 Å². The third-order valence-electron chi connectivity index (χ3n) is 3.01. The van der Waals surface area contributed by atoms with Gasteiger partial charge < -0.3 is 11.5 Å². The molecule has 126 valence electrons. The molecule has 0 aliphatic heterocycles.